The van der Waals surface area contributed by atoms with E-state index in [9.17, 15) is 0 Å². The molecule has 0 atom stereocenters. The first-order chi connectivity index (χ1) is 0. The van der Waals surface area contributed by atoms with Gasteiger partial charge in [0, 0.05) is 0 Å². The summed E-state index contributed by atoms with van der Waals surface area (Å²) in [7, 11) is 0. The summed E-state index contributed by atoms with van der Waals surface area (Å²) >= 11 is 0. The van der Waals surface area contributed by atoms with Crippen LogP contribution in [-0.4, -0.2) is 21.9 Å². The summed E-state index contributed by atoms with van der Waals surface area (Å²) in [5.41, 5.74) is 0. The van der Waals surface area contributed by atoms with Gasteiger partial charge in [0.2, 0.25) is 0 Å². The van der Waals surface area contributed by atoms with Gasteiger partial charge in [-0.25, -0.2) is 0 Å². The van der Waals surface area contributed by atoms with E-state index in [0.29, 0.717) is 0 Å². The predicted molar refractivity (Wildman–Crippen MR) is 92.9 cm³/mol. The molecule has 0 saturated carbocycles. The van der Waals surface area contributed by atoms with Crippen LogP contribution in [0.25, 0.3) is 0 Å². The molecule has 0 bridgehead atoms. The van der Waals surface area contributed by atoms with Crippen LogP contribution in [0.4, 0.5) is 0 Å². The Morgan fingerprint density at radius 1 is 0.300 bits per heavy atom. The van der Waals surface area contributed by atoms with E-state index in [2.05, 4.69) is 0 Å². The van der Waals surface area contributed by atoms with Gasteiger partial charge in [-0.2, -0.15) is 0 Å². The van der Waals surface area contributed by atoms with Gasteiger partial charge >= 0.3 is 0 Å². The molecule has 0 aliphatic rings. The Morgan fingerprint density at radius 3 is 0.300 bits per heavy atom. The van der Waals surface area contributed by atoms with Gasteiger partial charge in [0.25, 0.3) is 0 Å². The van der Waals surface area contributed by atoms with E-state index in [1.54, 1.807) is 0 Å². The molecule has 0 unspecified atom stereocenters. The fourth-order valence-corrected chi connectivity index (χ4v) is 0. The van der Waals surface area contributed by atoms with Crippen LogP contribution in [0.1, 0.15) is 0 Å². The molecule has 0 fully saturated rings. The predicted octanol–water partition coefficient (Wildman–Crippen LogP) is 1.10. The van der Waals surface area contributed by atoms with Gasteiger partial charge in [0.15, 0.2) is 0 Å². The second kappa shape index (κ2) is 134. The van der Waals surface area contributed by atoms with Crippen LogP contribution >= 0.6 is 118 Å². The van der Waals surface area contributed by atoms with Crippen molar-refractivity contribution in [3.8, 4) is 0 Å². The minimum atomic E-state index is 0. The zero-order chi connectivity index (χ0) is 0. The summed E-state index contributed by atoms with van der Waals surface area (Å²) in [4.78, 5) is 0. The van der Waals surface area contributed by atoms with Crippen molar-refractivity contribution in [2.75, 3.05) is 0 Å². The lowest BCUT2D eigenvalue weighted by Crippen LogP contribution is -0.382. The fraction of sp³-hybridized carbons (Fsp3) is 0. The van der Waals surface area contributed by atoms with Crippen molar-refractivity contribution in [2.45, 2.75) is 0 Å². The van der Waals surface area contributed by atoms with E-state index < -0.39 is 0 Å². The van der Waals surface area contributed by atoms with Crippen LogP contribution in [0.2, 0.25) is 0 Å². The average molecular weight is 534 g/mol. The molecule has 0 radical (unpaired) electrons. The van der Waals surface area contributed by atoms with Gasteiger partial charge in [-0.3, -0.25) is 0 Å². The number of rotatable bonds is 0. The van der Waals surface area contributed by atoms with Crippen molar-refractivity contribution < 1.29 is 0 Å². The molecule has 0 aromatic carbocycles. The normalized spacial score (nSPS) is 0. The van der Waals surface area contributed by atoms with Crippen molar-refractivity contribution in [1.82, 2.24) is 0 Å². The summed E-state index contributed by atoms with van der Waals surface area (Å²) in [6.07, 6.45) is 0. The monoisotopic (exact) mass is 528 g/mol. The lowest BCUT2D eigenvalue weighted by atomic mass is 28.1. The first-order valence-electron chi connectivity index (χ1n) is 0. The molecular formula is H16Br4Cl4Si2. The third kappa shape index (κ3) is 103. The molecule has 0 spiro atoms. The first kappa shape index (κ1) is 171. The SMILES string of the molecule is Br.Br.Br.Br.Cl.Cl.Cl.Cl.[SiH4].[SiH4]. The van der Waals surface area contributed by atoms with Gasteiger partial charge in [0.05, 0.1) is 0 Å². The summed E-state index contributed by atoms with van der Waals surface area (Å²) in [5.74, 6) is 0. The summed E-state index contributed by atoms with van der Waals surface area (Å²) < 4.78 is 0. The highest BCUT2D eigenvalue weighted by Crippen LogP contribution is 0.849. The third-order valence-corrected chi connectivity index (χ3v) is 0. The van der Waals surface area contributed by atoms with Crippen molar-refractivity contribution in [2.24, 2.45) is 0 Å². The molecule has 0 nitrogen and oxygen atoms in total. The molecule has 0 heterocycles. The van der Waals surface area contributed by atoms with Gasteiger partial charge in [-0.1, -0.05) is 0 Å². The average Bonchev–Trinajstić information content (AvgIpc) is 0. The summed E-state index contributed by atoms with van der Waals surface area (Å²) in [5, 5.41) is 0. The minimum absolute atomic E-state index is 0. The summed E-state index contributed by atoms with van der Waals surface area (Å²) in [6, 6.07) is 0. The third-order valence-electron chi connectivity index (χ3n) is 0. The molecular weight excluding hydrogens is 518 g/mol. The maximum absolute atomic E-state index is 0. The van der Waals surface area contributed by atoms with E-state index in [0.717, 1.165) is 0 Å². The Kier molecular flexibility index (Phi) is 2300. The molecule has 0 aromatic heterocycles. The Morgan fingerprint density at radius 2 is 0.300 bits per heavy atom. The van der Waals surface area contributed by atoms with E-state index >= 15 is 0 Å². The van der Waals surface area contributed by atoms with E-state index in [-0.39, 0.29) is 139 Å². The lowest BCUT2D eigenvalue weighted by Gasteiger charge is -0.148. The van der Waals surface area contributed by atoms with Crippen LogP contribution in [0, 0.1) is 0 Å². The Labute approximate surface area is 138 Å². The first-order valence-corrected chi connectivity index (χ1v) is 0. The van der Waals surface area contributed by atoms with Crippen LogP contribution in [0.5, 0.6) is 0 Å². The molecule has 10 heteroatoms. The van der Waals surface area contributed by atoms with E-state index in [1.165, 1.54) is 0 Å². The van der Waals surface area contributed by atoms with Crippen molar-refractivity contribution in [1.29, 1.82) is 0 Å². The molecule has 0 rings (SSSR count). The molecule has 0 aromatic rings. The maximum atomic E-state index is 0. The zero-order valence-corrected chi connectivity index (χ0v) is 13.4. The van der Waals surface area contributed by atoms with Crippen molar-refractivity contribution in [3.63, 3.8) is 0 Å². The van der Waals surface area contributed by atoms with Crippen molar-refractivity contribution >= 4 is 139 Å². The number of hydrogen-bond acceptors (Lipinski definition) is 0. The largest absolute Gasteiger partial charge is 0.147 e. The molecule has 0 N–H and O–H groups in total. The quantitative estimate of drug-likeness (QED) is 0.409. The number of halogens is 8. The Bertz CT molecular complexity index is 15.2. The molecule has 0 saturated heterocycles. The highest BCUT2D eigenvalue weighted by atomic mass is 79.9. The highest BCUT2D eigenvalue weighted by molar-refractivity contribution is 8.93. The van der Waals surface area contributed by atoms with Crippen molar-refractivity contribution in [3.05, 3.63) is 0 Å². The second-order valence-electron chi connectivity index (χ2n) is 0. The Hall–Kier alpha value is 3.51. The number of hydrogen-bond donors (Lipinski definition) is 0. The Balaban J connectivity index is 0. The van der Waals surface area contributed by atoms with Crippen LogP contribution in [0.3, 0.4) is 0 Å². The van der Waals surface area contributed by atoms with Crippen LogP contribution in [-0.2, 0) is 0 Å². The van der Waals surface area contributed by atoms with E-state index in [4.69, 9.17) is 0 Å². The van der Waals surface area contributed by atoms with Gasteiger partial charge in [-0.05, 0) is 21.9 Å². The minimum Gasteiger partial charge on any atom is -0.147 e. The fourth-order valence-electron chi connectivity index (χ4n) is 0. The highest BCUT2D eigenvalue weighted by Gasteiger charge is -0.0137. The molecule has 0 aliphatic heterocycles. The summed E-state index contributed by atoms with van der Waals surface area (Å²) in [6.45, 7) is 0. The van der Waals surface area contributed by atoms with Gasteiger partial charge in [0.1, 0.15) is 0 Å². The second-order valence-corrected chi connectivity index (χ2v) is 0. The maximum Gasteiger partial charge on any atom is -0.0149 e. The zero-order valence-electron chi connectivity index (χ0n) is 3.27. The smallest absolute Gasteiger partial charge is 0.0149 e. The molecule has 10 heavy (non-hydrogen) atoms. The topological polar surface area (TPSA) is 0 Å². The van der Waals surface area contributed by atoms with Crippen LogP contribution in [0.15, 0.2) is 0 Å². The molecule has 0 amide bonds. The van der Waals surface area contributed by atoms with E-state index in [1.807, 2.05) is 0 Å². The van der Waals surface area contributed by atoms with Gasteiger partial charge < -0.3 is 0 Å². The van der Waals surface area contributed by atoms with Crippen LogP contribution < -0.4 is 0 Å². The molecule has 0 aliphatic carbocycles. The lowest BCUT2D eigenvalue weighted by molar-refractivity contribution is 5.75. The standard InChI is InChI=1S/4BrH.4ClH.2H4Si/h8*1H;2*1H4. The van der Waals surface area contributed by atoms with Gasteiger partial charge in [-0.15, -0.1) is 118 Å². The molecule has 80 valence electrons.